The molecule has 3 nitrogen and oxygen atoms in total. The van der Waals surface area contributed by atoms with E-state index in [0.717, 1.165) is 30.0 Å². The zero-order valence-corrected chi connectivity index (χ0v) is 12.5. The van der Waals surface area contributed by atoms with E-state index in [-0.39, 0.29) is 0 Å². The van der Waals surface area contributed by atoms with Gasteiger partial charge in [0.2, 0.25) is 0 Å². The molecule has 106 valence electrons. The lowest BCUT2D eigenvalue weighted by molar-refractivity contribution is 0.317. The predicted octanol–water partition coefficient (Wildman–Crippen LogP) is 3.54. The molecule has 1 N–H and O–H groups in total. The second-order valence-electron chi connectivity index (χ2n) is 4.91. The van der Waals surface area contributed by atoms with Crippen molar-refractivity contribution >= 4 is 0 Å². The molecule has 0 heterocycles. The first-order valence-corrected chi connectivity index (χ1v) is 6.76. The summed E-state index contributed by atoms with van der Waals surface area (Å²) in [6.45, 7) is 11.6. The van der Waals surface area contributed by atoms with Crippen molar-refractivity contribution < 1.29 is 9.47 Å². The van der Waals surface area contributed by atoms with Crippen molar-refractivity contribution in [3.05, 3.63) is 35.9 Å². The normalized spacial score (nSPS) is 10.6. The van der Waals surface area contributed by atoms with Gasteiger partial charge in [0.25, 0.3) is 0 Å². The van der Waals surface area contributed by atoms with Crippen LogP contribution in [0.1, 0.15) is 32.8 Å². The van der Waals surface area contributed by atoms with Gasteiger partial charge in [0, 0.05) is 12.6 Å². The van der Waals surface area contributed by atoms with Crippen LogP contribution in [0, 0.1) is 0 Å². The van der Waals surface area contributed by atoms with Crippen molar-refractivity contribution in [1.29, 1.82) is 0 Å². The van der Waals surface area contributed by atoms with Crippen LogP contribution in [0.15, 0.2) is 30.4 Å². The lowest BCUT2D eigenvalue weighted by atomic mass is 10.2. The summed E-state index contributed by atoms with van der Waals surface area (Å²) in [5.41, 5.74) is 2.26. The zero-order valence-electron chi connectivity index (χ0n) is 12.5. The maximum atomic E-state index is 5.72. The van der Waals surface area contributed by atoms with Gasteiger partial charge in [-0.15, -0.1) is 0 Å². The number of hydrogen-bond acceptors (Lipinski definition) is 3. The molecule has 0 amide bonds. The van der Waals surface area contributed by atoms with E-state index in [1.807, 2.05) is 12.1 Å². The molecule has 0 saturated carbocycles. The van der Waals surface area contributed by atoms with Crippen LogP contribution in [-0.4, -0.2) is 19.8 Å². The fourth-order valence-corrected chi connectivity index (χ4v) is 1.55. The molecule has 3 heteroatoms. The predicted molar refractivity (Wildman–Crippen MR) is 79.9 cm³/mol. The smallest absolute Gasteiger partial charge is 0.161 e. The maximum absolute atomic E-state index is 5.72. The minimum absolute atomic E-state index is 0.467. The van der Waals surface area contributed by atoms with Crippen molar-refractivity contribution in [2.24, 2.45) is 0 Å². The summed E-state index contributed by atoms with van der Waals surface area (Å²) < 4.78 is 11.1. The van der Waals surface area contributed by atoms with Gasteiger partial charge >= 0.3 is 0 Å². The van der Waals surface area contributed by atoms with Crippen LogP contribution in [0.3, 0.4) is 0 Å². The van der Waals surface area contributed by atoms with E-state index in [9.17, 15) is 0 Å². The van der Waals surface area contributed by atoms with E-state index < -0.39 is 0 Å². The van der Waals surface area contributed by atoms with Gasteiger partial charge in [0.15, 0.2) is 11.5 Å². The fraction of sp³-hybridized carbons (Fsp3) is 0.500. The van der Waals surface area contributed by atoms with Crippen LogP contribution >= 0.6 is 0 Å². The lowest BCUT2D eigenvalue weighted by Gasteiger charge is -2.14. The van der Waals surface area contributed by atoms with E-state index in [1.165, 1.54) is 5.56 Å². The van der Waals surface area contributed by atoms with Crippen LogP contribution in [0.4, 0.5) is 0 Å². The van der Waals surface area contributed by atoms with E-state index in [4.69, 9.17) is 9.47 Å². The second kappa shape index (κ2) is 7.85. The molecule has 0 spiro atoms. The Morgan fingerprint density at radius 2 is 2.05 bits per heavy atom. The molecule has 0 unspecified atom stereocenters. The first-order valence-electron chi connectivity index (χ1n) is 6.76. The average molecular weight is 263 g/mol. The molecule has 0 bridgehead atoms. The topological polar surface area (TPSA) is 30.5 Å². The first kappa shape index (κ1) is 15.6. The second-order valence-corrected chi connectivity index (χ2v) is 4.91. The maximum Gasteiger partial charge on any atom is 0.161 e. The highest BCUT2D eigenvalue weighted by molar-refractivity contribution is 5.43. The summed E-state index contributed by atoms with van der Waals surface area (Å²) in [5, 5.41) is 3.38. The van der Waals surface area contributed by atoms with Crippen LogP contribution in [-0.2, 0) is 6.54 Å². The molecule has 0 aliphatic carbocycles. The number of nitrogens with one attached hydrogen (secondary N) is 1. The van der Waals surface area contributed by atoms with Crippen LogP contribution in [0.25, 0.3) is 0 Å². The molecule has 1 rings (SSSR count). The molecular formula is C16H25NO2. The van der Waals surface area contributed by atoms with Gasteiger partial charge in [0.1, 0.15) is 6.61 Å². The molecule has 0 radical (unpaired) electrons. The number of benzene rings is 1. The van der Waals surface area contributed by atoms with E-state index in [0.29, 0.717) is 12.6 Å². The standard InChI is InChI=1S/C16H25NO2/c1-6-13(4)11-19-15-8-7-14(9-16(15)18-5)10-17-12(2)3/h7-9,12,17H,4,6,10-11H2,1-3,5H3. The Hall–Kier alpha value is -1.48. The van der Waals surface area contributed by atoms with Crippen molar-refractivity contribution in [3.63, 3.8) is 0 Å². The molecule has 1 aromatic rings. The Kier molecular flexibility index (Phi) is 6.43. The summed E-state index contributed by atoms with van der Waals surface area (Å²) in [6.07, 6.45) is 0.929. The number of methoxy groups -OCH3 is 1. The monoisotopic (exact) mass is 263 g/mol. The summed E-state index contributed by atoms with van der Waals surface area (Å²) in [5.74, 6) is 1.54. The Balaban J connectivity index is 2.70. The molecular weight excluding hydrogens is 238 g/mol. The summed E-state index contributed by atoms with van der Waals surface area (Å²) in [4.78, 5) is 0. The third kappa shape index (κ3) is 5.35. The van der Waals surface area contributed by atoms with Gasteiger partial charge in [-0.25, -0.2) is 0 Å². The van der Waals surface area contributed by atoms with Gasteiger partial charge in [-0.05, 0) is 29.7 Å². The quantitative estimate of drug-likeness (QED) is 0.728. The Morgan fingerprint density at radius 1 is 1.32 bits per heavy atom. The first-order chi connectivity index (χ1) is 9.06. The molecule has 0 aromatic heterocycles. The van der Waals surface area contributed by atoms with E-state index in [1.54, 1.807) is 7.11 Å². The molecule has 0 fully saturated rings. The van der Waals surface area contributed by atoms with Crippen molar-refractivity contribution in [3.8, 4) is 11.5 Å². The molecule has 0 atom stereocenters. The van der Waals surface area contributed by atoms with Crippen LogP contribution in [0.5, 0.6) is 11.5 Å². The number of ether oxygens (including phenoxy) is 2. The van der Waals surface area contributed by atoms with Gasteiger partial charge in [-0.1, -0.05) is 33.4 Å². The lowest BCUT2D eigenvalue weighted by Crippen LogP contribution is -2.21. The van der Waals surface area contributed by atoms with Crippen LogP contribution in [0.2, 0.25) is 0 Å². The molecule has 0 aliphatic heterocycles. The van der Waals surface area contributed by atoms with Crippen molar-refractivity contribution in [1.82, 2.24) is 5.32 Å². The third-order valence-electron chi connectivity index (χ3n) is 2.87. The fourth-order valence-electron chi connectivity index (χ4n) is 1.55. The Bertz CT molecular complexity index is 413. The molecule has 19 heavy (non-hydrogen) atoms. The highest BCUT2D eigenvalue weighted by atomic mass is 16.5. The van der Waals surface area contributed by atoms with Gasteiger partial charge in [-0.2, -0.15) is 0 Å². The van der Waals surface area contributed by atoms with Crippen molar-refractivity contribution in [2.75, 3.05) is 13.7 Å². The molecule has 1 aromatic carbocycles. The van der Waals surface area contributed by atoms with E-state index >= 15 is 0 Å². The van der Waals surface area contributed by atoms with Crippen molar-refractivity contribution in [2.45, 2.75) is 39.8 Å². The minimum Gasteiger partial charge on any atom is -0.493 e. The average Bonchev–Trinajstić information content (AvgIpc) is 2.42. The van der Waals surface area contributed by atoms with Gasteiger partial charge < -0.3 is 14.8 Å². The van der Waals surface area contributed by atoms with Gasteiger partial charge in [0.05, 0.1) is 7.11 Å². The summed E-state index contributed by atoms with van der Waals surface area (Å²) >= 11 is 0. The zero-order chi connectivity index (χ0) is 14.3. The van der Waals surface area contributed by atoms with Gasteiger partial charge in [-0.3, -0.25) is 0 Å². The summed E-state index contributed by atoms with van der Waals surface area (Å²) in [7, 11) is 1.66. The molecule has 0 aliphatic rings. The number of rotatable bonds is 8. The van der Waals surface area contributed by atoms with E-state index in [2.05, 4.69) is 38.7 Å². The SMILES string of the molecule is C=C(CC)COc1ccc(CNC(C)C)cc1OC. The highest BCUT2D eigenvalue weighted by Crippen LogP contribution is 2.28. The Labute approximate surface area is 116 Å². The third-order valence-corrected chi connectivity index (χ3v) is 2.87. The summed E-state index contributed by atoms with van der Waals surface area (Å²) in [6, 6.07) is 6.50. The highest BCUT2D eigenvalue weighted by Gasteiger charge is 2.06. The minimum atomic E-state index is 0.467. The largest absolute Gasteiger partial charge is 0.493 e. The van der Waals surface area contributed by atoms with Crippen LogP contribution < -0.4 is 14.8 Å². The molecule has 0 saturated heterocycles. The Morgan fingerprint density at radius 3 is 2.63 bits per heavy atom. The number of hydrogen-bond donors (Lipinski definition) is 1.